The number of hydrogen-bond acceptors (Lipinski definition) is 4. The predicted octanol–water partition coefficient (Wildman–Crippen LogP) is 0.802. The van der Waals surface area contributed by atoms with Crippen LogP contribution in [-0.4, -0.2) is 24.1 Å². The van der Waals surface area contributed by atoms with Crippen LogP contribution in [-0.2, 0) is 14.4 Å². The average Bonchev–Trinajstić information content (AvgIpc) is 2.38. The number of nitrogens with one attached hydrogen (secondary N) is 2. The van der Waals surface area contributed by atoms with Crippen LogP contribution in [0.25, 0.3) is 0 Å². The van der Waals surface area contributed by atoms with Crippen molar-refractivity contribution in [2.45, 2.75) is 58.3 Å². The summed E-state index contributed by atoms with van der Waals surface area (Å²) >= 11 is 0. The molecule has 0 spiro atoms. The summed E-state index contributed by atoms with van der Waals surface area (Å²) in [6, 6.07) is 0. The summed E-state index contributed by atoms with van der Waals surface area (Å²) in [5.41, 5.74) is 1.95. The molecule has 4 N–H and O–H groups in total. The minimum absolute atomic E-state index is 0.0691. The van der Waals surface area contributed by atoms with Gasteiger partial charge in [0.25, 0.3) is 5.91 Å². The molecule has 2 amide bonds. The SMILES string of the molecule is CC(=O)CCCCCCCCC(=O)NCC(=O)NN. The standard InChI is InChI=1S/C13H25N3O3/c1-11(17)8-6-4-2-3-5-7-9-12(18)15-10-13(19)16-14/h2-10,14H2,1H3,(H,15,18)(H,16,19). The van der Waals surface area contributed by atoms with Gasteiger partial charge in [-0.2, -0.15) is 0 Å². The lowest BCUT2D eigenvalue weighted by Crippen LogP contribution is -2.40. The Balaban J connectivity index is 3.27. The molecule has 0 heterocycles. The Bertz CT molecular complexity index is 293. The first-order chi connectivity index (χ1) is 9.06. The van der Waals surface area contributed by atoms with Crippen molar-refractivity contribution >= 4 is 17.6 Å². The molecular formula is C13H25N3O3. The van der Waals surface area contributed by atoms with E-state index in [2.05, 4.69) is 5.32 Å². The van der Waals surface area contributed by atoms with E-state index in [1.807, 2.05) is 5.43 Å². The Labute approximate surface area is 114 Å². The number of carbonyl (C=O) groups is 3. The number of Topliss-reactive ketones (excluding diaryl/α,β-unsaturated/α-hetero) is 1. The highest BCUT2D eigenvalue weighted by atomic mass is 16.2. The summed E-state index contributed by atoms with van der Waals surface area (Å²) < 4.78 is 0. The molecule has 6 nitrogen and oxygen atoms in total. The van der Waals surface area contributed by atoms with Gasteiger partial charge in [0.1, 0.15) is 5.78 Å². The summed E-state index contributed by atoms with van der Waals surface area (Å²) in [5.74, 6) is 4.60. The summed E-state index contributed by atoms with van der Waals surface area (Å²) in [7, 11) is 0. The van der Waals surface area contributed by atoms with E-state index in [4.69, 9.17) is 5.84 Å². The Morgan fingerprint density at radius 1 is 0.842 bits per heavy atom. The number of unbranched alkanes of at least 4 members (excludes halogenated alkanes) is 5. The topological polar surface area (TPSA) is 101 Å². The van der Waals surface area contributed by atoms with E-state index < -0.39 is 5.91 Å². The summed E-state index contributed by atoms with van der Waals surface area (Å²) in [5, 5.41) is 2.49. The minimum Gasteiger partial charge on any atom is -0.347 e. The Morgan fingerprint density at radius 3 is 1.89 bits per heavy atom. The van der Waals surface area contributed by atoms with Crippen molar-refractivity contribution < 1.29 is 14.4 Å². The number of nitrogens with two attached hydrogens (primary N) is 1. The van der Waals surface area contributed by atoms with Gasteiger partial charge in [-0.3, -0.25) is 15.0 Å². The Morgan fingerprint density at radius 2 is 1.37 bits per heavy atom. The van der Waals surface area contributed by atoms with Gasteiger partial charge in [-0.1, -0.05) is 25.7 Å². The van der Waals surface area contributed by atoms with Crippen LogP contribution in [0.4, 0.5) is 0 Å². The van der Waals surface area contributed by atoms with Gasteiger partial charge in [-0.25, -0.2) is 5.84 Å². The maximum absolute atomic E-state index is 11.3. The molecule has 0 atom stereocenters. The molecule has 0 unspecified atom stereocenters. The second-order valence-corrected chi connectivity index (χ2v) is 4.67. The zero-order chi connectivity index (χ0) is 14.5. The fraction of sp³-hybridized carbons (Fsp3) is 0.769. The predicted molar refractivity (Wildman–Crippen MR) is 73.0 cm³/mol. The minimum atomic E-state index is -0.404. The van der Waals surface area contributed by atoms with Crippen LogP contribution in [0.15, 0.2) is 0 Å². The number of hydrazine groups is 1. The number of amides is 2. The van der Waals surface area contributed by atoms with Crippen molar-refractivity contribution in [2.75, 3.05) is 6.54 Å². The quantitative estimate of drug-likeness (QED) is 0.224. The van der Waals surface area contributed by atoms with E-state index in [0.29, 0.717) is 12.8 Å². The molecule has 110 valence electrons. The molecule has 0 aromatic heterocycles. The maximum Gasteiger partial charge on any atom is 0.253 e. The third-order valence-electron chi connectivity index (χ3n) is 2.79. The van der Waals surface area contributed by atoms with Crippen molar-refractivity contribution in [3.63, 3.8) is 0 Å². The molecule has 0 aromatic carbocycles. The largest absolute Gasteiger partial charge is 0.347 e. The first kappa shape index (κ1) is 17.6. The molecule has 6 heteroatoms. The molecule has 0 fully saturated rings. The van der Waals surface area contributed by atoms with Gasteiger partial charge in [0.05, 0.1) is 6.54 Å². The van der Waals surface area contributed by atoms with Crippen molar-refractivity contribution in [1.29, 1.82) is 0 Å². The molecule has 19 heavy (non-hydrogen) atoms. The molecule has 0 aliphatic rings. The molecular weight excluding hydrogens is 246 g/mol. The lowest BCUT2D eigenvalue weighted by Gasteiger charge is -2.04. The molecule has 0 rings (SSSR count). The number of hydrogen-bond donors (Lipinski definition) is 3. The van der Waals surface area contributed by atoms with Crippen LogP contribution in [0.2, 0.25) is 0 Å². The van der Waals surface area contributed by atoms with Crippen molar-refractivity contribution in [3.8, 4) is 0 Å². The highest BCUT2D eigenvalue weighted by Gasteiger charge is 2.03. The monoisotopic (exact) mass is 271 g/mol. The van der Waals surface area contributed by atoms with Gasteiger partial charge in [-0.05, 0) is 19.8 Å². The van der Waals surface area contributed by atoms with E-state index >= 15 is 0 Å². The highest BCUT2D eigenvalue weighted by molar-refractivity contribution is 5.84. The van der Waals surface area contributed by atoms with E-state index in [-0.39, 0.29) is 18.2 Å². The molecule has 0 radical (unpaired) electrons. The first-order valence-corrected chi connectivity index (χ1v) is 6.82. The Kier molecular flexibility index (Phi) is 10.8. The van der Waals surface area contributed by atoms with E-state index in [0.717, 1.165) is 38.5 Å². The zero-order valence-electron chi connectivity index (χ0n) is 11.7. The van der Waals surface area contributed by atoms with E-state index in [9.17, 15) is 14.4 Å². The number of ketones is 1. The average molecular weight is 271 g/mol. The lowest BCUT2D eigenvalue weighted by molar-refractivity contribution is -0.126. The molecule has 0 aromatic rings. The lowest BCUT2D eigenvalue weighted by atomic mass is 10.1. The molecule has 0 aliphatic heterocycles. The summed E-state index contributed by atoms with van der Waals surface area (Å²) in [6.07, 6.45) is 7.14. The fourth-order valence-electron chi connectivity index (χ4n) is 1.68. The third-order valence-corrected chi connectivity index (χ3v) is 2.79. The van der Waals surface area contributed by atoms with Gasteiger partial charge in [0.2, 0.25) is 5.91 Å². The van der Waals surface area contributed by atoms with Crippen LogP contribution in [0.5, 0.6) is 0 Å². The molecule has 0 bridgehead atoms. The van der Waals surface area contributed by atoms with Crippen molar-refractivity contribution in [3.05, 3.63) is 0 Å². The van der Waals surface area contributed by atoms with Gasteiger partial charge >= 0.3 is 0 Å². The zero-order valence-corrected chi connectivity index (χ0v) is 11.7. The van der Waals surface area contributed by atoms with Crippen molar-refractivity contribution in [2.24, 2.45) is 5.84 Å². The summed E-state index contributed by atoms with van der Waals surface area (Å²) in [4.78, 5) is 32.8. The second-order valence-electron chi connectivity index (χ2n) is 4.67. The van der Waals surface area contributed by atoms with Crippen LogP contribution in [0.1, 0.15) is 58.3 Å². The van der Waals surface area contributed by atoms with Crippen LogP contribution in [0.3, 0.4) is 0 Å². The number of rotatable bonds is 11. The van der Waals surface area contributed by atoms with Gasteiger partial charge in [-0.15, -0.1) is 0 Å². The van der Waals surface area contributed by atoms with Gasteiger partial charge in [0, 0.05) is 12.8 Å². The van der Waals surface area contributed by atoms with Crippen LogP contribution >= 0.6 is 0 Å². The van der Waals surface area contributed by atoms with Gasteiger partial charge in [0.15, 0.2) is 0 Å². The van der Waals surface area contributed by atoms with Gasteiger partial charge < -0.3 is 10.1 Å². The first-order valence-electron chi connectivity index (χ1n) is 6.82. The number of carbonyl (C=O) groups excluding carboxylic acids is 3. The van der Waals surface area contributed by atoms with Crippen molar-refractivity contribution in [1.82, 2.24) is 10.7 Å². The second kappa shape index (κ2) is 11.6. The van der Waals surface area contributed by atoms with E-state index in [1.54, 1.807) is 6.92 Å². The molecule has 0 aliphatic carbocycles. The normalized spacial score (nSPS) is 10.0. The highest BCUT2D eigenvalue weighted by Crippen LogP contribution is 2.08. The fourth-order valence-corrected chi connectivity index (χ4v) is 1.68. The van der Waals surface area contributed by atoms with Crippen LogP contribution in [0, 0.1) is 0 Å². The van der Waals surface area contributed by atoms with E-state index in [1.165, 1.54) is 0 Å². The summed E-state index contributed by atoms with van der Waals surface area (Å²) in [6.45, 7) is 1.55. The third kappa shape index (κ3) is 12.8. The molecule has 0 saturated heterocycles. The smallest absolute Gasteiger partial charge is 0.253 e. The van der Waals surface area contributed by atoms with Crippen LogP contribution < -0.4 is 16.6 Å². The molecule has 0 saturated carbocycles. The Hall–Kier alpha value is -1.43. The maximum atomic E-state index is 11.3.